The third-order valence-corrected chi connectivity index (χ3v) is 4.28. The van der Waals surface area contributed by atoms with Gasteiger partial charge in [0.25, 0.3) is 0 Å². The number of rotatable bonds is 5. The number of nitrogens with zero attached hydrogens (tertiary/aromatic N) is 2. The molecule has 6 heteroatoms. The molecule has 3 rings (SSSR count). The third-order valence-electron chi connectivity index (χ3n) is 3.40. The van der Waals surface area contributed by atoms with Crippen LogP contribution in [0.4, 0.5) is 0 Å². The molecule has 0 atom stereocenters. The first kappa shape index (κ1) is 16.9. The molecule has 0 aliphatic carbocycles. The first-order valence-electron chi connectivity index (χ1n) is 7.24. The van der Waals surface area contributed by atoms with Crippen LogP contribution in [-0.4, -0.2) is 17.1 Å². The topological polar surface area (TPSA) is 44.2 Å². The Hall–Kier alpha value is -1.92. The molecule has 0 saturated heterocycles. The Balaban J connectivity index is 2.00. The lowest BCUT2D eigenvalue weighted by Gasteiger charge is -2.10. The van der Waals surface area contributed by atoms with E-state index >= 15 is 0 Å². The van der Waals surface area contributed by atoms with Crippen LogP contribution < -0.4 is 0 Å². The molecule has 2 aromatic heterocycles. The van der Waals surface area contributed by atoms with Gasteiger partial charge < -0.3 is 0 Å². The quantitative estimate of drug-likeness (QED) is 0.349. The lowest BCUT2D eigenvalue weighted by molar-refractivity contribution is -0.160. The minimum absolute atomic E-state index is 0.593. The Kier molecular flexibility index (Phi) is 5.48. The Morgan fingerprint density at radius 2 is 1.71 bits per heavy atom. The van der Waals surface area contributed by atoms with Crippen LogP contribution in [0.15, 0.2) is 59.8 Å². The van der Waals surface area contributed by atoms with E-state index in [2.05, 4.69) is 14.9 Å². The van der Waals surface area contributed by atoms with Crippen LogP contribution in [-0.2, 0) is 9.22 Å². The summed E-state index contributed by atoms with van der Waals surface area (Å²) in [5, 5.41) is 0.593. The van der Waals surface area contributed by atoms with E-state index in [0.29, 0.717) is 5.02 Å². The van der Waals surface area contributed by atoms with E-state index in [1.807, 2.05) is 55.6 Å². The summed E-state index contributed by atoms with van der Waals surface area (Å²) in [6.07, 6.45) is 3.47. The van der Waals surface area contributed by atoms with E-state index in [1.54, 1.807) is 6.20 Å². The lowest BCUT2D eigenvalue weighted by Crippen LogP contribution is -1.91. The first-order valence-corrected chi connectivity index (χ1v) is 8.35. The number of aromatic nitrogens is 2. The van der Waals surface area contributed by atoms with Crippen molar-refractivity contribution in [2.75, 3.05) is 7.11 Å². The van der Waals surface area contributed by atoms with Gasteiger partial charge in [0, 0.05) is 34.1 Å². The van der Waals surface area contributed by atoms with Gasteiger partial charge in [0.15, 0.2) is 0 Å². The number of benzene rings is 1. The Morgan fingerprint density at radius 1 is 0.958 bits per heavy atom. The van der Waals surface area contributed by atoms with Crippen molar-refractivity contribution < 1.29 is 9.22 Å². The fraction of sp³-hybridized carbons (Fsp3) is 0.111. The van der Waals surface area contributed by atoms with E-state index in [-0.39, 0.29) is 0 Å². The average molecular weight is 359 g/mol. The van der Waals surface area contributed by atoms with Crippen LogP contribution >= 0.6 is 23.6 Å². The highest BCUT2D eigenvalue weighted by molar-refractivity contribution is 7.94. The van der Waals surface area contributed by atoms with Crippen LogP contribution in [0.25, 0.3) is 22.4 Å². The summed E-state index contributed by atoms with van der Waals surface area (Å²) in [5.41, 5.74) is 4.74. The minimum Gasteiger partial charge on any atom is -0.261 e. The molecular weight excluding hydrogens is 344 g/mol. The van der Waals surface area contributed by atoms with Gasteiger partial charge >= 0.3 is 0 Å². The molecule has 0 fully saturated rings. The molecule has 2 heterocycles. The van der Waals surface area contributed by atoms with Gasteiger partial charge in [-0.1, -0.05) is 23.7 Å². The van der Waals surface area contributed by atoms with Crippen molar-refractivity contribution in [3.63, 3.8) is 0 Å². The van der Waals surface area contributed by atoms with E-state index in [0.717, 1.165) is 45.0 Å². The van der Waals surface area contributed by atoms with Gasteiger partial charge in [0.1, 0.15) is 0 Å². The molecule has 0 aliphatic rings. The predicted molar refractivity (Wildman–Crippen MR) is 96.6 cm³/mol. The van der Waals surface area contributed by atoms with Gasteiger partial charge in [0.05, 0.1) is 29.9 Å². The van der Waals surface area contributed by atoms with Crippen molar-refractivity contribution in [3.05, 3.63) is 65.6 Å². The second kappa shape index (κ2) is 7.77. The van der Waals surface area contributed by atoms with Crippen LogP contribution in [0, 0.1) is 6.92 Å². The van der Waals surface area contributed by atoms with Crippen molar-refractivity contribution in [2.45, 2.75) is 11.8 Å². The summed E-state index contributed by atoms with van der Waals surface area (Å²) < 4.78 is 4.86. The molecule has 0 unspecified atom stereocenters. The van der Waals surface area contributed by atoms with Crippen molar-refractivity contribution in [1.29, 1.82) is 0 Å². The second-order valence-electron chi connectivity index (χ2n) is 5.08. The minimum atomic E-state index is 0.593. The number of hydrogen-bond donors (Lipinski definition) is 0. The summed E-state index contributed by atoms with van der Waals surface area (Å²) in [6.45, 7) is 1.96. The number of hydrogen-bond acceptors (Lipinski definition) is 5. The standard InChI is InChI=1S/C18H15ClN2O2S/c1-12-3-4-14(10-20-12)18-17(9-15(19)11-21-18)13-5-7-16(8-6-13)24-23-22-2/h3-11H,1-2H3. The van der Waals surface area contributed by atoms with Crippen LogP contribution in [0.2, 0.25) is 5.02 Å². The number of aryl methyl sites for hydroxylation is 1. The monoisotopic (exact) mass is 358 g/mol. The zero-order valence-electron chi connectivity index (χ0n) is 13.2. The molecule has 0 saturated carbocycles. The van der Waals surface area contributed by atoms with Gasteiger partial charge in [-0.15, -0.1) is 0 Å². The van der Waals surface area contributed by atoms with E-state index < -0.39 is 0 Å². The van der Waals surface area contributed by atoms with E-state index in [4.69, 9.17) is 15.9 Å². The largest absolute Gasteiger partial charge is 0.261 e. The SMILES string of the molecule is COOSc1ccc(-c2cc(Cl)cnc2-c2ccc(C)nc2)cc1. The summed E-state index contributed by atoms with van der Waals surface area (Å²) >= 11 is 7.32. The van der Waals surface area contributed by atoms with Crippen molar-refractivity contribution in [3.8, 4) is 22.4 Å². The van der Waals surface area contributed by atoms with Gasteiger partial charge in [-0.3, -0.25) is 9.97 Å². The van der Waals surface area contributed by atoms with Gasteiger partial charge in [0.2, 0.25) is 0 Å². The molecule has 24 heavy (non-hydrogen) atoms. The summed E-state index contributed by atoms with van der Waals surface area (Å²) in [6, 6.07) is 13.8. The molecule has 0 bridgehead atoms. The molecule has 0 radical (unpaired) electrons. The van der Waals surface area contributed by atoms with Gasteiger partial charge in [-0.25, -0.2) is 4.89 Å². The molecule has 1 aromatic carbocycles. The zero-order chi connectivity index (χ0) is 16.9. The molecule has 122 valence electrons. The number of pyridine rings is 2. The second-order valence-corrected chi connectivity index (χ2v) is 6.29. The highest BCUT2D eigenvalue weighted by atomic mass is 35.5. The average Bonchev–Trinajstić information content (AvgIpc) is 2.61. The Labute approximate surface area is 150 Å². The fourth-order valence-corrected chi connectivity index (χ4v) is 2.81. The third kappa shape index (κ3) is 3.94. The molecule has 0 N–H and O–H groups in total. The maximum absolute atomic E-state index is 6.16. The summed E-state index contributed by atoms with van der Waals surface area (Å²) in [7, 11) is 1.47. The highest BCUT2D eigenvalue weighted by Crippen LogP contribution is 2.33. The van der Waals surface area contributed by atoms with E-state index in [1.165, 1.54) is 7.11 Å². The Bertz CT molecular complexity index is 823. The Morgan fingerprint density at radius 3 is 2.38 bits per heavy atom. The van der Waals surface area contributed by atoms with Gasteiger partial charge in [-0.2, -0.15) is 4.33 Å². The van der Waals surface area contributed by atoms with Gasteiger partial charge in [-0.05, 0) is 42.8 Å². The van der Waals surface area contributed by atoms with Crippen molar-refractivity contribution in [2.24, 2.45) is 0 Å². The zero-order valence-corrected chi connectivity index (χ0v) is 14.8. The first-order chi connectivity index (χ1) is 11.7. The summed E-state index contributed by atoms with van der Waals surface area (Å²) in [4.78, 5) is 14.4. The van der Waals surface area contributed by atoms with Crippen molar-refractivity contribution >= 4 is 23.6 Å². The molecular formula is C18H15ClN2O2S. The highest BCUT2D eigenvalue weighted by Gasteiger charge is 2.11. The maximum Gasteiger partial charge on any atom is 0.0796 e. The normalized spacial score (nSPS) is 10.8. The van der Waals surface area contributed by atoms with Crippen LogP contribution in [0.3, 0.4) is 0 Å². The molecule has 4 nitrogen and oxygen atoms in total. The molecule has 0 aliphatic heterocycles. The number of halogens is 1. The smallest absolute Gasteiger partial charge is 0.0796 e. The van der Waals surface area contributed by atoms with Crippen LogP contribution in [0.1, 0.15) is 5.69 Å². The van der Waals surface area contributed by atoms with Crippen LogP contribution in [0.5, 0.6) is 0 Å². The fourth-order valence-electron chi connectivity index (χ4n) is 2.26. The van der Waals surface area contributed by atoms with E-state index in [9.17, 15) is 0 Å². The predicted octanol–water partition coefficient (Wildman–Crippen LogP) is 5.36. The molecule has 0 spiro atoms. The summed E-state index contributed by atoms with van der Waals surface area (Å²) in [5.74, 6) is 0. The molecule has 0 amide bonds. The maximum atomic E-state index is 6.16. The van der Waals surface area contributed by atoms with Crippen molar-refractivity contribution in [1.82, 2.24) is 9.97 Å². The molecule has 3 aromatic rings. The lowest BCUT2D eigenvalue weighted by atomic mass is 10.0.